The third kappa shape index (κ3) is 6.28. The second-order valence-corrected chi connectivity index (χ2v) is 11.5. The van der Waals surface area contributed by atoms with Gasteiger partial charge in [0.15, 0.2) is 11.5 Å². The van der Waals surface area contributed by atoms with Crippen molar-refractivity contribution in [3.63, 3.8) is 0 Å². The lowest BCUT2D eigenvalue weighted by Crippen LogP contribution is -2.52. The highest BCUT2D eigenvalue weighted by Gasteiger charge is 2.40. The van der Waals surface area contributed by atoms with Crippen LogP contribution in [0.3, 0.4) is 0 Å². The van der Waals surface area contributed by atoms with E-state index >= 15 is 0 Å². The van der Waals surface area contributed by atoms with E-state index in [-0.39, 0.29) is 69.5 Å². The number of nitrogens with one attached hydrogen (secondary N) is 2. The van der Waals surface area contributed by atoms with E-state index in [4.69, 9.17) is 11.6 Å². The molecule has 3 amide bonds. The standard InChI is InChI=1S/C28H30ClF3N8O3.ClH/c1-37-22(20-15-40(18-3-4-18)36-23(20)28(30,31)32)14-34-24(37)25(41)35-17-2-5-19(21(29)12-17)27(43)39-10-8-38(9-11-39)26(42)16-6-7-33-13-16;/h2,5,12,14-16,18,33H,3-4,6-11,13H2,1H3,(H,35,41);1H/t16-;/m1./s1. The van der Waals surface area contributed by atoms with E-state index in [0.29, 0.717) is 32.7 Å². The first-order chi connectivity index (χ1) is 20.5. The SMILES string of the molecule is Cl.Cn1c(-c2cn(C3CC3)nc2C(F)(F)F)cnc1C(=O)Nc1ccc(C(=O)N2CCN(C(=O)[C@@H]3CCNC3)CC2)c(Cl)c1. The fraction of sp³-hybridized carbons (Fsp3) is 0.464. The largest absolute Gasteiger partial charge is 0.435 e. The topological polar surface area (TPSA) is 117 Å². The van der Waals surface area contributed by atoms with E-state index in [2.05, 4.69) is 20.7 Å². The predicted octanol–water partition coefficient (Wildman–Crippen LogP) is 3.86. The van der Waals surface area contributed by atoms with E-state index in [9.17, 15) is 27.6 Å². The van der Waals surface area contributed by atoms with Gasteiger partial charge in [0.1, 0.15) is 0 Å². The van der Waals surface area contributed by atoms with E-state index in [1.165, 1.54) is 46.9 Å². The van der Waals surface area contributed by atoms with Crippen LogP contribution in [0, 0.1) is 5.92 Å². The Morgan fingerprint density at radius 3 is 2.39 bits per heavy atom. The van der Waals surface area contributed by atoms with Gasteiger partial charge >= 0.3 is 6.18 Å². The molecule has 236 valence electrons. The molecule has 0 bridgehead atoms. The molecule has 2 aliphatic heterocycles. The number of imidazole rings is 1. The van der Waals surface area contributed by atoms with Crippen LogP contribution in [0.1, 0.15) is 52.0 Å². The Hall–Kier alpha value is -3.62. The Labute approximate surface area is 262 Å². The van der Waals surface area contributed by atoms with Crippen molar-refractivity contribution in [2.45, 2.75) is 31.5 Å². The molecule has 0 spiro atoms. The lowest BCUT2D eigenvalue weighted by Gasteiger charge is -2.36. The Bertz CT molecular complexity index is 1570. The van der Waals surface area contributed by atoms with Gasteiger partial charge in [-0.2, -0.15) is 18.3 Å². The fourth-order valence-electron chi connectivity index (χ4n) is 5.56. The van der Waals surface area contributed by atoms with Gasteiger partial charge in [-0.15, -0.1) is 12.4 Å². The molecule has 44 heavy (non-hydrogen) atoms. The Morgan fingerprint density at radius 1 is 1.07 bits per heavy atom. The Morgan fingerprint density at radius 2 is 1.77 bits per heavy atom. The van der Waals surface area contributed by atoms with Crippen molar-refractivity contribution in [3.05, 3.63) is 52.7 Å². The molecule has 1 aliphatic carbocycles. The molecule has 1 aromatic carbocycles. The first-order valence-corrected chi connectivity index (χ1v) is 14.5. The lowest BCUT2D eigenvalue weighted by molar-refractivity contribution is -0.141. The number of halogens is 5. The van der Waals surface area contributed by atoms with Crippen molar-refractivity contribution < 1.29 is 27.6 Å². The van der Waals surface area contributed by atoms with Crippen LogP contribution in [0.15, 0.2) is 30.6 Å². The molecule has 2 N–H and O–H groups in total. The number of amides is 3. The first kappa shape index (κ1) is 31.8. The molecule has 3 aliphatic rings. The molecule has 0 unspecified atom stereocenters. The summed E-state index contributed by atoms with van der Waals surface area (Å²) in [5, 5.41) is 9.73. The maximum atomic E-state index is 13.7. The van der Waals surface area contributed by atoms with Crippen molar-refractivity contribution in [2.24, 2.45) is 13.0 Å². The van der Waals surface area contributed by atoms with E-state index < -0.39 is 17.8 Å². The second kappa shape index (κ2) is 12.4. The highest BCUT2D eigenvalue weighted by molar-refractivity contribution is 6.34. The molecule has 6 rings (SSSR count). The van der Waals surface area contributed by atoms with Crippen molar-refractivity contribution in [1.82, 2.24) is 34.4 Å². The number of nitrogens with zero attached hydrogens (tertiary/aromatic N) is 6. The van der Waals surface area contributed by atoms with Gasteiger partial charge in [-0.25, -0.2) is 4.98 Å². The van der Waals surface area contributed by atoms with Crippen LogP contribution in [-0.2, 0) is 18.0 Å². The van der Waals surface area contributed by atoms with Crippen LogP contribution < -0.4 is 10.6 Å². The van der Waals surface area contributed by atoms with E-state index in [0.717, 1.165) is 25.8 Å². The zero-order valence-corrected chi connectivity index (χ0v) is 25.3. The summed E-state index contributed by atoms with van der Waals surface area (Å²) in [5.41, 5.74) is -0.536. The number of benzene rings is 1. The van der Waals surface area contributed by atoms with E-state index in [1.54, 1.807) is 9.80 Å². The number of rotatable bonds is 6. The molecule has 2 aromatic heterocycles. The van der Waals surface area contributed by atoms with Gasteiger partial charge in [-0.3, -0.25) is 19.1 Å². The average Bonchev–Trinajstić information content (AvgIpc) is 3.33. The monoisotopic (exact) mass is 654 g/mol. The van der Waals surface area contributed by atoms with Crippen molar-refractivity contribution >= 4 is 47.4 Å². The van der Waals surface area contributed by atoms with Crippen molar-refractivity contribution in [1.29, 1.82) is 0 Å². The van der Waals surface area contributed by atoms with Gasteiger partial charge in [0.05, 0.1) is 40.0 Å². The number of hydrogen-bond acceptors (Lipinski definition) is 6. The summed E-state index contributed by atoms with van der Waals surface area (Å²) in [6, 6.07) is 4.41. The van der Waals surface area contributed by atoms with Crippen molar-refractivity contribution in [3.8, 4) is 11.3 Å². The summed E-state index contributed by atoms with van der Waals surface area (Å²) >= 11 is 6.44. The molecule has 16 heteroatoms. The minimum absolute atomic E-state index is 0. The third-order valence-electron chi connectivity index (χ3n) is 8.13. The maximum Gasteiger partial charge on any atom is 0.435 e. The number of alkyl halides is 3. The number of aromatic nitrogens is 4. The molecule has 3 aromatic rings. The molecule has 1 atom stereocenters. The van der Waals surface area contributed by atoms with Crippen LogP contribution in [0.2, 0.25) is 5.02 Å². The third-order valence-corrected chi connectivity index (χ3v) is 8.45. The first-order valence-electron chi connectivity index (χ1n) is 14.1. The number of carbonyl (C=O) groups excluding carboxylic acids is 3. The molecule has 3 fully saturated rings. The van der Waals surface area contributed by atoms with Gasteiger partial charge in [-0.05, 0) is 44.0 Å². The summed E-state index contributed by atoms with van der Waals surface area (Å²) < 4.78 is 43.8. The highest BCUT2D eigenvalue weighted by atomic mass is 35.5. The molecule has 11 nitrogen and oxygen atoms in total. The number of piperazine rings is 1. The van der Waals surface area contributed by atoms with Crippen LogP contribution in [0.25, 0.3) is 11.3 Å². The van der Waals surface area contributed by atoms with Gasteiger partial charge < -0.3 is 25.0 Å². The Kier molecular flexibility index (Phi) is 8.96. The summed E-state index contributed by atoms with van der Waals surface area (Å²) in [4.78, 5) is 46.4. The van der Waals surface area contributed by atoms with Crippen molar-refractivity contribution in [2.75, 3.05) is 44.6 Å². The van der Waals surface area contributed by atoms with Gasteiger partial charge in [-0.1, -0.05) is 11.6 Å². The zero-order chi connectivity index (χ0) is 30.5. The smallest absolute Gasteiger partial charge is 0.339 e. The van der Waals surface area contributed by atoms with Crippen LogP contribution in [0.5, 0.6) is 0 Å². The molecule has 0 radical (unpaired) electrons. The normalized spacial score (nSPS) is 18.7. The maximum absolute atomic E-state index is 13.7. The minimum Gasteiger partial charge on any atom is -0.339 e. The zero-order valence-electron chi connectivity index (χ0n) is 23.7. The number of anilines is 1. The predicted molar refractivity (Wildman–Crippen MR) is 158 cm³/mol. The summed E-state index contributed by atoms with van der Waals surface area (Å²) in [5.74, 6) is -0.951. The fourth-order valence-corrected chi connectivity index (χ4v) is 5.82. The van der Waals surface area contributed by atoms with Crippen LogP contribution in [0.4, 0.5) is 18.9 Å². The second-order valence-electron chi connectivity index (χ2n) is 11.1. The molecular weight excluding hydrogens is 624 g/mol. The molecule has 4 heterocycles. The summed E-state index contributed by atoms with van der Waals surface area (Å²) in [7, 11) is 1.46. The minimum atomic E-state index is -4.67. The molecule has 1 saturated carbocycles. The highest BCUT2D eigenvalue weighted by Crippen LogP contribution is 2.41. The van der Waals surface area contributed by atoms with Crippen LogP contribution in [-0.4, -0.2) is 86.1 Å². The molecule has 2 saturated heterocycles. The quantitative estimate of drug-likeness (QED) is 0.417. The average molecular weight is 656 g/mol. The van der Waals surface area contributed by atoms with Crippen LogP contribution >= 0.6 is 24.0 Å². The van der Waals surface area contributed by atoms with Gasteiger partial charge in [0.25, 0.3) is 11.8 Å². The summed E-state index contributed by atoms with van der Waals surface area (Å²) in [6.45, 7) is 3.19. The van der Waals surface area contributed by atoms with E-state index in [1.807, 2.05) is 0 Å². The van der Waals surface area contributed by atoms with Gasteiger partial charge in [0.2, 0.25) is 5.91 Å². The number of hydrogen-bond donors (Lipinski definition) is 2. The Balaban J connectivity index is 0.00000384. The lowest BCUT2D eigenvalue weighted by atomic mass is 10.1. The molecular formula is C28H31Cl2F3N8O3. The van der Waals surface area contributed by atoms with Gasteiger partial charge in [0, 0.05) is 51.7 Å². The summed E-state index contributed by atoms with van der Waals surface area (Å²) in [6.07, 6.45) is 0.241. The number of carbonyl (C=O) groups is 3.